The van der Waals surface area contributed by atoms with E-state index in [9.17, 15) is 0 Å². The number of hydrogen-bond acceptors (Lipinski definition) is 2. The summed E-state index contributed by atoms with van der Waals surface area (Å²) < 4.78 is 12.4. The molecule has 0 radical (unpaired) electrons. The summed E-state index contributed by atoms with van der Waals surface area (Å²) in [4.78, 5) is 0. The summed E-state index contributed by atoms with van der Waals surface area (Å²) in [6.45, 7) is 2.55. The molecule has 0 saturated heterocycles. The van der Waals surface area contributed by atoms with Gasteiger partial charge in [-0.25, -0.2) is 0 Å². The molecule has 0 unspecified atom stereocenters. The molecule has 0 saturated carbocycles. The lowest BCUT2D eigenvalue weighted by atomic mass is 10.2. The van der Waals surface area contributed by atoms with Crippen molar-refractivity contribution in [2.24, 2.45) is 0 Å². The highest BCUT2D eigenvalue weighted by molar-refractivity contribution is 14.1. The van der Waals surface area contributed by atoms with E-state index >= 15 is 0 Å². The van der Waals surface area contributed by atoms with Gasteiger partial charge >= 0.3 is 0 Å². The third kappa shape index (κ3) is 3.57. The van der Waals surface area contributed by atoms with Crippen LogP contribution in [0.1, 0.15) is 12.5 Å². The number of ether oxygens (including phenoxy) is 2. The smallest absolute Gasteiger partial charge is 0.118 e. The van der Waals surface area contributed by atoms with E-state index in [1.807, 2.05) is 35.3 Å². The molecule has 2 nitrogen and oxygen atoms in total. The first-order chi connectivity index (χ1) is 6.76. The molecular formula is C11H13IO2. The summed E-state index contributed by atoms with van der Waals surface area (Å²) in [5.74, 6) is 1.80. The topological polar surface area (TPSA) is 18.5 Å². The summed E-state index contributed by atoms with van der Waals surface area (Å²) in [7, 11) is 1.66. The fraction of sp³-hybridized carbons (Fsp3) is 0.273. The highest BCUT2D eigenvalue weighted by Crippen LogP contribution is 2.13. The first kappa shape index (κ1) is 11.4. The van der Waals surface area contributed by atoms with Crippen LogP contribution in [0.4, 0.5) is 0 Å². The van der Waals surface area contributed by atoms with Gasteiger partial charge in [-0.2, -0.15) is 0 Å². The van der Waals surface area contributed by atoms with E-state index in [1.165, 1.54) is 0 Å². The predicted molar refractivity (Wildman–Crippen MR) is 65.6 cm³/mol. The van der Waals surface area contributed by atoms with Gasteiger partial charge in [-0.05, 0) is 47.2 Å². The summed E-state index contributed by atoms with van der Waals surface area (Å²) in [6.07, 6.45) is 0. The van der Waals surface area contributed by atoms with Gasteiger partial charge in [-0.1, -0.05) is 12.1 Å². The monoisotopic (exact) mass is 304 g/mol. The fourth-order valence-corrected chi connectivity index (χ4v) is 1.13. The van der Waals surface area contributed by atoms with E-state index in [2.05, 4.69) is 22.6 Å². The lowest BCUT2D eigenvalue weighted by Crippen LogP contribution is -1.90. The normalized spacial score (nSPS) is 11.2. The molecule has 0 amide bonds. The second kappa shape index (κ2) is 5.90. The molecule has 0 aliphatic heterocycles. The van der Waals surface area contributed by atoms with Crippen LogP contribution in [-0.2, 0) is 11.3 Å². The van der Waals surface area contributed by atoms with Crippen molar-refractivity contribution in [2.75, 3.05) is 7.11 Å². The minimum Gasteiger partial charge on any atom is -0.497 e. The standard InChI is InChI=1S/C11H13IO2/c1-9(7-12)14-8-10-3-5-11(13-2)6-4-10/h3-7H,8H2,1-2H3. The quantitative estimate of drug-likeness (QED) is 0.626. The molecule has 0 N–H and O–H groups in total. The third-order valence-corrected chi connectivity index (χ3v) is 2.66. The molecule has 0 aliphatic carbocycles. The van der Waals surface area contributed by atoms with E-state index in [1.54, 1.807) is 7.11 Å². The Bertz CT molecular complexity index is 304. The molecule has 14 heavy (non-hydrogen) atoms. The number of hydrogen-bond donors (Lipinski definition) is 0. The maximum atomic E-state index is 5.46. The molecule has 3 heteroatoms. The van der Waals surface area contributed by atoms with Crippen LogP contribution in [0, 0.1) is 0 Å². The Hall–Kier alpha value is -0.710. The number of halogens is 1. The molecule has 0 spiro atoms. The van der Waals surface area contributed by atoms with Crippen LogP contribution >= 0.6 is 22.6 Å². The first-order valence-corrected chi connectivity index (χ1v) is 5.53. The molecular weight excluding hydrogens is 291 g/mol. The fourth-order valence-electron chi connectivity index (χ4n) is 0.950. The van der Waals surface area contributed by atoms with Crippen molar-refractivity contribution in [3.63, 3.8) is 0 Å². The van der Waals surface area contributed by atoms with E-state index in [4.69, 9.17) is 9.47 Å². The van der Waals surface area contributed by atoms with Crippen LogP contribution in [0.15, 0.2) is 34.1 Å². The van der Waals surface area contributed by atoms with Crippen LogP contribution in [0.25, 0.3) is 0 Å². The largest absolute Gasteiger partial charge is 0.497 e. The van der Waals surface area contributed by atoms with Crippen LogP contribution in [0.2, 0.25) is 0 Å². The zero-order chi connectivity index (χ0) is 10.4. The molecule has 1 aromatic rings. The zero-order valence-electron chi connectivity index (χ0n) is 8.29. The van der Waals surface area contributed by atoms with E-state index in [0.29, 0.717) is 6.61 Å². The molecule has 1 aromatic carbocycles. The molecule has 0 bridgehead atoms. The van der Waals surface area contributed by atoms with Gasteiger partial charge in [0.25, 0.3) is 0 Å². The Kier molecular flexibility index (Phi) is 4.79. The second-order valence-corrected chi connectivity index (χ2v) is 3.48. The third-order valence-electron chi connectivity index (χ3n) is 1.78. The number of benzene rings is 1. The average molecular weight is 304 g/mol. The van der Waals surface area contributed by atoms with Crippen molar-refractivity contribution < 1.29 is 9.47 Å². The SMILES string of the molecule is COc1ccc(COC(C)=CI)cc1. The van der Waals surface area contributed by atoms with Gasteiger partial charge < -0.3 is 9.47 Å². The van der Waals surface area contributed by atoms with E-state index in [-0.39, 0.29) is 0 Å². The second-order valence-electron chi connectivity index (χ2n) is 2.86. The van der Waals surface area contributed by atoms with Crippen LogP contribution in [0.3, 0.4) is 0 Å². The molecule has 0 fully saturated rings. The Morgan fingerprint density at radius 2 is 2.00 bits per heavy atom. The van der Waals surface area contributed by atoms with Crippen molar-refractivity contribution in [1.82, 2.24) is 0 Å². The van der Waals surface area contributed by atoms with E-state index in [0.717, 1.165) is 17.1 Å². The van der Waals surface area contributed by atoms with Crippen LogP contribution in [0.5, 0.6) is 5.75 Å². The summed E-state index contributed by atoms with van der Waals surface area (Å²) in [6, 6.07) is 7.86. The maximum Gasteiger partial charge on any atom is 0.118 e. The first-order valence-electron chi connectivity index (χ1n) is 4.29. The zero-order valence-corrected chi connectivity index (χ0v) is 10.4. The highest BCUT2D eigenvalue weighted by Gasteiger charge is 1.95. The van der Waals surface area contributed by atoms with Crippen LogP contribution in [-0.4, -0.2) is 7.11 Å². The van der Waals surface area contributed by atoms with Gasteiger partial charge in [0.05, 0.1) is 12.9 Å². The van der Waals surface area contributed by atoms with E-state index < -0.39 is 0 Å². The molecule has 0 atom stereocenters. The van der Waals surface area contributed by atoms with Crippen molar-refractivity contribution in [2.45, 2.75) is 13.5 Å². The Labute approximate surface area is 98.1 Å². The molecule has 76 valence electrons. The summed E-state index contributed by atoms with van der Waals surface area (Å²) >= 11 is 2.16. The van der Waals surface area contributed by atoms with Gasteiger partial charge in [0.2, 0.25) is 0 Å². The Balaban J connectivity index is 2.52. The van der Waals surface area contributed by atoms with Crippen molar-refractivity contribution in [3.8, 4) is 5.75 Å². The van der Waals surface area contributed by atoms with Gasteiger partial charge in [0.1, 0.15) is 12.4 Å². The Morgan fingerprint density at radius 1 is 1.36 bits per heavy atom. The van der Waals surface area contributed by atoms with Gasteiger partial charge in [-0.3, -0.25) is 0 Å². The number of methoxy groups -OCH3 is 1. The Morgan fingerprint density at radius 3 is 2.50 bits per heavy atom. The molecule has 0 aliphatic rings. The van der Waals surface area contributed by atoms with Gasteiger partial charge in [0.15, 0.2) is 0 Å². The summed E-state index contributed by atoms with van der Waals surface area (Å²) in [5, 5.41) is 0. The van der Waals surface area contributed by atoms with Crippen molar-refractivity contribution in [1.29, 1.82) is 0 Å². The van der Waals surface area contributed by atoms with Crippen molar-refractivity contribution in [3.05, 3.63) is 39.7 Å². The number of allylic oxidation sites excluding steroid dienone is 1. The predicted octanol–water partition coefficient (Wildman–Crippen LogP) is 3.51. The lowest BCUT2D eigenvalue weighted by Gasteiger charge is -2.06. The maximum absolute atomic E-state index is 5.46. The van der Waals surface area contributed by atoms with Gasteiger partial charge in [0, 0.05) is 4.08 Å². The highest BCUT2D eigenvalue weighted by atomic mass is 127. The molecule has 0 heterocycles. The van der Waals surface area contributed by atoms with Crippen LogP contribution < -0.4 is 4.74 Å². The molecule has 0 aromatic heterocycles. The lowest BCUT2D eigenvalue weighted by molar-refractivity contribution is 0.202. The minimum atomic E-state index is 0.606. The van der Waals surface area contributed by atoms with Gasteiger partial charge in [-0.15, -0.1) is 0 Å². The number of rotatable bonds is 4. The van der Waals surface area contributed by atoms with Crippen molar-refractivity contribution >= 4 is 22.6 Å². The molecule has 1 rings (SSSR count). The summed E-state index contributed by atoms with van der Waals surface area (Å²) in [5.41, 5.74) is 1.14. The minimum absolute atomic E-state index is 0.606. The average Bonchev–Trinajstić information content (AvgIpc) is 2.26.